The highest BCUT2D eigenvalue weighted by Gasteiger charge is 2.11. The number of ether oxygens (including phenoxy) is 5. The first-order valence-corrected chi connectivity index (χ1v) is 9.04. The minimum absolute atomic E-state index is 0.223. The maximum absolute atomic E-state index is 9.47. The van der Waals surface area contributed by atoms with Gasteiger partial charge in [-0.2, -0.15) is 0 Å². The summed E-state index contributed by atoms with van der Waals surface area (Å²) in [6.45, 7) is 5.95. The molecular weight excluding hydrogens is 352 g/mol. The molecule has 2 N–H and O–H groups in total. The molecule has 0 spiro atoms. The molecule has 0 aliphatic rings. The van der Waals surface area contributed by atoms with Crippen LogP contribution in [0, 0.1) is 12.3 Å². The van der Waals surface area contributed by atoms with Gasteiger partial charge < -0.3 is 33.9 Å². The molecule has 0 aliphatic carbocycles. The molecule has 1 aromatic carbocycles. The predicted molar refractivity (Wildman–Crippen MR) is 101 cm³/mol. The Labute approximate surface area is 161 Å². The SMILES string of the molecule is C#Cc1cc(CO)c(OCCOCCOCCOCCOCC)c(CO)c1. The van der Waals surface area contributed by atoms with E-state index >= 15 is 0 Å². The van der Waals surface area contributed by atoms with Crippen molar-refractivity contribution in [3.05, 3.63) is 28.8 Å². The Morgan fingerprint density at radius 3 is 1.63 bits per heavy atom. The third-order valence-corrected chi connectivity index (χ3v) is 3.54. The van der Waals surface area contributed by atoms with E-state index < -0.39 is 0 Å². The average Bonchev–Trinajstić information content (AvgIpc) is 2.70. The van der Waals surface area contributed by atoms with Gasteiger partial charge in [0.2, 0.25) is 0 Å². The van der Waals surface area contributed by atoms with Gasteiger partial charge in [0.15, 0.2) is 0 Å². The maximum atomic E-state index is 9.47. The van der Waals surface area contributed by atoms with Crippen LogP contribution in [0.5, 0.6) is 5.75 Å². The van der Waals surface area contributed by atoms with Gasteiger partial charge in [-0.3, -0.25) is 0 Å². The zero-order valence-corrected chi connectivity index (χ0v) is 15.9. The van der Waals surface area contributed by atoms with E-state index in [1.165, 1.54) is 0 Å². The number of benzene rings is 1. The van der Waals surface area contributed by atoms with Crippen LogP contribution < -0.4 is 4.74 Å². The van der Waals surface area contributed by atoms with E-state index in [2.05, 4.69) is 5.92 Å². The molecule has 0 saturated carbocycles. The largest absolute Gasteiger partial charge is 0.490 e. The van der Waals surface area contributed by atoms with Gasteiger partial charge >= 0.3 is 0 Å². The smallest absolute Gasteiger partial charge is 0.130 e. The minimum Gasteiger partial charge on any atom is -0.490 e. The molecule has 1 rings (SSSR count). The fraction of sp³-hybridized carbons (Fsp3) is 0.600. The Morgan fingerprint density at radius 1 is 0.778 bits per heavy atom. The summed E-state index contributed by atoms with van der Waals surface area (Å²) in [5.41, 5.74) is 1.68. The molecule has 0 heterocycles. The fourth-order valence-corrected chi connectivity index (χ4v) is 2.26. The van der Waals surface area contributed by atoms with Crippen molar-refractivity contribution in [1.29, 1.82) is 0 Å². The molecule has 0 atom stereocenters. The number of rotatable bonds is 16. The van der Waals surface area contributed by atoms with Crippen LogP contribution in [0.2, 0.25) is 0 Å². The quantitative estimate of drug-likeness (QED) is 0.327. The Balaban J connectivity index is 2.14. The summed E-state index contributed by atoms with van der Waals surface area (Å²) >= 11 is 0. The third kappa shape index (κ3) is 9.73. The molecule has 1 aromatic rings. The van der Waals surface area contributed by atoms with Crippen molar-refractivity contribution in [3.63, 3.8) is 0 Å². The number of terminal acetylenes is 1. The second-order valence-corrected chi connectivity index (χ2v) is 5.47. The lowest BCUT2D eigenvalue weighted by molar-refractivity contribution is -0.00353. The zero-order valence-electron chi connectivity index (χ0n) is 15.9. The second-order valence-electron chi connectivity index (χ2n) is 5.47. The van der Waals surface area contributed by atoms with Crippen LogP contribution in [0.4, 0.5) is 0 Å². The zero-order chi connectivity index (χ0) is 19.7. The van der Waals surface area contributed by atoms with E-state index in [1.54, 1.807) is 12.1 Å². The Bertz CT molecular complexity index is 529. The van der Waals surface area contributed by atoms with E-state index in [1.807, 2.05) is 6.92 Å². The van der Waals surface area contributed by atoms with Gasteiger partial charge in [-0.1, -0.05) is 5.92 Å². The van der Waals surface area contributed by atoms with Crippen LogP contribution in [-0.4, -0.2) is 69.7 Å². The maximum Gasteiger partial charge on any atom is 0.130 e. The van der Waals surface area contributed by atoms with Crippen molar-refractivity contribution in [2.45, 2.75) is 20.1 Å². The van der Waals surface area contributed by atoms with Crippen molar-refractivity contribution in [2.75, 3.05) is 59.5 Å². The lowest BCUT2D eigenvalue weighted by Crippen LogP contribution is -2.14. The van der Waals surface area contributed by atoms with E-state index in [0.717, 1.165) is 0 Å². The van der Waals surface area contributed by atoms with Crippen molar-refractivity contribution in [3.8, 4) is 18.1 Å². The topological polar surface area (TPSA) is 86.6 Å². The molecule has 0 bridgehead atoms. The summed E-state index contributed by atoms with van der Waals surface area (Å²) in [4.78, 5) is 0. The fourth-order valence-electron chi connectivity index (χ4n) is 2.26. The Morgan fingerprint density at radius 2 is 1.22 bits per heavy atom. The molecule has 7 nitrogen and oxygen atoms in total. The molecule has 27 heavy (non-hydrogen) atoms. The highest BCUT2D eigenvalue weighted by atomic mass is 16.6. The summed E-state index contributed by atoms with van der Waals surface area (Å²) < 4.78 is 27.0. The summed E-state index contributed by atoms with van der Waals surface area (Å²) in [5.74, 6) is 2.94. The lowest BCUT2D eigenvalue weighted by atomic mass is 10.0. The second kappa shape index (κ2) is 15.4. The van der Waals surface area contributed by atoms with Crippen molar-refractivity contribution < 1.29 is 33.9 Å². The molecule has 0 fully saturated rings. The molecule has 0 radical (unpaired) electrons. The Kier molecular flexibility index (Phi) is 13.3. The van der Waals surface area contributed by atoms with Crippen molar-refractivity contribution in [1.82, 2.24) is 0 Å². The van der Waals surface area contributed by atoms with Crippen molar-refractivity contribution in [2.24, 2.45) is 0 Å². The van der Waals surface area contributed by atoms with Crippen LogP contribution in [-0.2, 0) is 32.2 Å². The van der Waals surface area contributed by atoms with Gasteiger partial charge in [0.1, 0.15) is 12.4 Å². The summed E-state index contributed by atoms with van der Waals surface area (Å²) in [6, 6.07) is 3.33. The van der Waals surface area contributed by atoms with Gasteiger partial charge in [-0.25, -0.2) is 0 Å². The minimum atomic E-state index is -0.223. The monoisotopic (exact) mass is 382 g/mol. The standard InChI is InChI=1S/C20H30O7/c1-3-17-13-18(15-21)20(19(14-17)16-22)27-12-11-26-10-9-25-8-7-24-6-5-23-4-2/h1,13-14,21-22H,4-12,15-16H2,2H3. The molecule has 0 saturated heterocycles. The van der Waals surface area contributed by atoms with Gasteiger partial charge in [0.25, 0.3) is 0 Å². The Hall–Kier alpha value is -1.66. The number of aliphatic hydroxyl groups is 2. The predicted octanol–water partition coefficient (Wildman–Crippen LogP) is 1.12. The highest BCUT2D eigenvalue weighted by Crippen LogP contribution is 2.26. The van der Waals surface area contributed by atoms with Crippen LogP contribution >= 0.6 is 0 Å². The molecule has 152 valence electrons. The first-order chi connectivity index (χ1) is 13.3. The lowest BCUT2D eigenvalue weighted by Gasteiger charge is -2.15. The first kappa shape index (κ1) is 23.4. The molecule has 7 heteroatoms. The molecular formula is C20H30O7. The van der Waals surface area contributed by atoms with Gasteiger partial charge in [-0.15, -0.1) is 6.42 Å². The van der Waals surface area contributed by atoms with Crippen molar-refractivity contribution >= 4 is 0 Å². The van der Waals surface area contributed by atoms with Crippen LogP contribution in [0.25, 0.3) is 0 Å². The third-order valence-electron chi connectivity index (χ3n) is 3.54. The normalized spacial score (nSPS) is 10.7. The average molecular weight is 382 g/mol. The van der Waals surface area contributed by atoms with Crippen LogP contribution in [0.15, 0.2) is 12.1 Å². The molecule has 0 aliphatic heterocycles. The van der Waals surface area contributed by atoms with Crippen LogP contribution in [0.1, 0.15) is 23.6 Å². The van der Waals surface area contributed by atoms with E-state index in [0.29, 0.717) is 75.3 Å². The molecule has 0 unspecified atom stereocenters. The highest BCUT2D eigenvalue weighted by molar-refractivity contribution is 5.48. The number of hydrogen-bond acceptors (Lipinski definition) is 7. The van der Waals surface area contributed by atoms with E-state index in [-0.39, 0.29) is 19.8 Å². The number of hydrogen-bond donors (Lipinski definition) is 2. The van der Waals surface area contributed by atoms with Gasteiger partial charge in [-0.05, 0) is 19.1 Å². The summed E-state index contributed by atoms with van der Waals surface area (Å²) in [7, 11) is 0. The van der Waals surface area contributed by atoms with Crippen LogP contribution in [0.3, 0.4) is 0 Å². The summed E-state index contributed by atoms with van der Waals surface area (Å²) in [5, 5.41) is 18.9. The van der Waals surface area contributed by atoms with Gasteiger partial charge in [0, 0.05) is 23.3 Å². The number of aliphatic hydroxyl groups excluding tert-OH is 2. The molecule has 0 aromatic heterocycles. The first-order valence-electron chi connectivity index (χ1n) is 9.04. The van der Waals surface area contributed by atoms with E-state index in [9.17, 15) is 10.2 Å². The van der Waals surface area contributed by atoms with E-state index in [4.69, 9.17) is 30.1 Å². The summed E-state index contributed by atoms with van der Waals surface area (Å²) in [6.07, 6.45) is 5.37. The van der Waals surface area contributed by atoms with Gasteiger partial charge in [0.05, 0.1) is 59.5 Å². The molecule has 0 amide bonds.